The van der Waals surface area contributed by atoms with E-state index in [-0.39, 0.29) is 0 Å². The molecule has 0 amide bonds. The van der Waals surface area contributed by atoms with Crippen LogP contribution < -0.4 is 5.73 Å². The van der Waals surface area contributed by atoms with Gasteiger partial charge in [0.1, 0.15) is 0 Å². The summed E-state index contributed by atoms with van der Waals surface area (Å²) in [5, 5.41) is 0. The summed E-state index contributed by atoms with van der Waals surface area (Å²) in [7, 11) is 1.66. The van der Waals surface area contributed by atoms with E-state index in [2.05, 4.69) is 4.98 Å². The normalized spacial score (nSPS) is 10.2. The van der Waals surface area contributed by atoms with Crippen molar-refractivity contribution in [1.29, 1.82) is 0 Å². The van der Waals surface area contributed by atoms with Crippen molar-refractivity contribution in [3.63, 3.8) is 0 Å². The molecular formula is C9H14N2O. The fourth-order valence-corrected chi connectivity index (χ4v) is 1.04. The van der Waals surface area contributed by atoms with Gasteiger partial charge in [0.05, 0.1) is 12.3 Å². The van der Waals surface area contributed by atoms with E-state index in [0.29, 0.717) is 13.2 Å². The lowest BCUT2D eigenvalue weighted by Gasteiger charge is -2.01. The first-order valence-electron chi connectivity index (χ1n) is 4.00. The molecule has 0 aromatic carbocycles. The average Bonchev–Trinajstić information content (AvgIpc) is 2.06. The summed E-state index contributed by atoms with van der Waals surface area (Å²) in [6.45, 7) is 1.21. The zero-order valence-corrected chi connectivity index (χ0v) is 7.29. The Balaban J connectivity index is 2.67. The summed E-state index contributed by atoms with van der Waals surface area (Å²) >= 11 is 0. The van der Waals surface area contributed by atoms with Gasteiger partial charge in [0, 0.05) is 19.2 Å². The van der Waals surface area contributed by atoms with Crippen LogP contribution in [0.1, 0.15) is 11.4 Å². The number of nitrogens with two attached hydrogens (primary N) is 1. The number of hydrogen-bond acceptors (Lipinski definition) is 3. The highest BCUT2D eigenvalue weighted by Crippen LogP contribution is 2.00. The van der Waals surface area contributed by atoms with E-state index in [1.54, 1.807) is 7.11 Å². The topological polar surface area (TPSA) is 48.1 Å². The molecule has 0 fully saturated rings. The Morgan fingerprint density at radius 3 is 2.83 bits per heavy atom. The SMILES string of the molecule is COCc1cccc(CCN)n1. The zero-order chi connectivity index (χ0) is 8.81. The van der Waals surface area contributed by atoms with Crippen LogP contribution >= 0.6 is 0 Å². The first kappa shape index (κ1) is 9.16. The van der Waals surface area contributed by atoms with Crippen LogP contribution in [0.2, 0.25) is 0 Å². The van der Waals surface area contributed by atoms with Crippen molar-refractivity contribution < 1.29 is 4.74 Å². The maximum absolute atomic E-state index is 5.41. The molecule has 12 heavy (non-hydrogen) atoms. The van der Waals surface area contributed by atoms with E-state index in [9.17, 15) is 0 Å². The summed E-state index contributed by atoms with van der Waals surface area (Å²) < 4.78 is 4.97. The largest absolute Gasteiger partial charge is 0.378 e. The number of nitrogens with zero attached hydrogens (tertiary/aromatic N) is 1. The molecule has 0 spiro atoms. The highest BCUT2D eigenvalue weighted by Gasteiger charge is 1.95. The van der Waals surface area contributed by atoms with Gasteiger partial charge in [-0.2, -0.15) is 0 Å². The molecule has 3 nitrogen and oxygen atoms in total. The van der Waals surface area contributed by atoms with E-state index in [1.807, 2.05) is 18.2 Å². The predicted molar refractivity (Wildman–Crippen MR) is 47.7 cm³/mol. The van der Waals surface area contributed by atoms with Crippen molar-refractivity contribution in [3.8, 4) is 0 Å². The molecule has 0 bridgehead atoms. The Kier molecular flexibility index (Phi) is 3.70. The maximum Gasteiger partial charge on any atom is 0.0884 e. The van der Waals surface area contributed by atoms with Gasteiger partial charge in [0.15, 0.2) is 0 Å². The second kappa shape index (κ2) is 4.85. The highest BCUT2D eigenvalue weighted by atomic mass is 16.5. The molecule has 0 aliphatic rings. The number of ether oxygens (including phenoxy) is 1. The molecule has 1 heterocycles. The molecule has 0 aliphatic carbocycles. The van der Waals surface area contributed by atoms with E-state index in [0.717, 1.165) is 17.8 Å². The van der Waals surface area contributed by atoms with Crippen LogP contribution in [-0.2, 0) is 17.8 Å². The van der Waals surface area contributed by atoms with Crippen LogP contribution in [0.3, 0.4) is 0 Å². The number of hydrogen-bond donors (Lipinski definition) is 1. The summed E-state index contributed by atoms with van der Waals surface area (Å²) in [5.41, 5.74) is 7.41. The number of aromatic nitrogens is 1. The van der Waals surface area contributed by atoms with Gasteiger partial charge < -0.3 is 10.5 Å². The Labute approximate surface area is 72.6 Å². The van der Waals surface area contributed by atoms with Crippen LogP contribution in [0.15, 0.2) is 18.2 Å². The molecule has 0 radical (unpaired) electrons. The molecule has 1 aromatic heterocycles. The Bertz CT molecular complexity index is 216. The molecule has 0 saturated carbocycles. The summed E-state index contributed by atoms with van der Waals surface area (Å²) in [6, 6.07) is 5.90. The third-order valence-corrected chi connectivity index (χ3v) is 1.56. The smallest absolute Gasteiger partial charge is 0.0884 e. The highest BCUT2D eigenvalue weighted by molar-refractivity contribution is 5.10. The van der Waals surface area contributed by atoms with Crippen molar-refractivity contribution in [2.45, 2.75) is 13.0 Å². The van der Waals surface area contributed by atoms with Crippen molar-refractivity contribution >= 4 is 0 Å². The molecule has 0 aliphatic heterocycles. The predicted octanol–water partition coefficient (Wildman–Crippen LogP) is 0.729. The van der Waals surface area contributed by atoms with E-state index >= 15 is 0 Å². The van der Waals surface area contributed by atoms with Gasteiger partial charge in [-0.1, -0.05) is 6.07 Å². The van der Waals surface area contributed by atoms with Crippen LogP contribution in [0, 0.1) is 0 Å². The standard InChI is InChI=1S/C9H14N2O/c1-12-7-9-4-2-3-8(11-9)5-6-10/h2-4H,5-7,10H2,1H3. The summed E-state index contributed by atoms with van der Waals surface area (Å²) in [4.78, 5) is 4.35. The lowest BCUT2D eigenvalue weighted by molar-refractivity contribution is 0.181. The van der Waals surface area contributed by atoms with E-state index < -0.39 is 0 Å². The minimum atomic E-state index is 0.568. The minimum absolute atomic E-state index is 0.568. The molecule has 0 saturated heterocycles. The Morgan fingerprint density at radius 2 is 2.17 bits per heavy atom. The molecular weight excluding hydrogens is 152 g/mol. The lowest BCUT2D eigenvalue weighted by atomic mass is 10.2. The molecule has 0 unspecified atom stereocenters. The third kappa shape index (κ3) is 2.60. The molecule has 3 heteroatoms. The van der Waals surface area contributed by atoms with Gasteiger partial charge in [-0.05, 0) is 18.7 Å². The third-order valence-electron chi connectivity index (χ3n) is 1.56. The second-order valence-electron chi connectivity index (χ2n) is 2.59. The van der Waals surface area contributed by atoms with Gasteiger partial charge in [0.25, 0.3) is 0 Å². The lowest BCUT2D eigenvalue weighted by Crippen LogP contribution is -2.05. The van der Waals surface area contributed by atoms with Gasteiger partial charge in [-0.3, -0.25) is 4.98 Å². The fourth-order valence-electron chi connectivity index (χ4n) is 1.04. The van der Waals surface area contributed by atoms with Crippen molar-refractivity contribution in [1.82, 2.24) is 4.98 Å². The summed E-state index contributed by atoms with van der Waals surface area (Å²) in [5.74, 6) is 0. The zero-order valence-electron chi connectivity index (χ0n) is 7.29. The number of rotatable bonds is 4. The maximum atomic E-state index is 5.41. The van der Waals surface area contributed by atoms with Crippen LogP contribution in [0.5, 0.6) is 0 Å². The fraction of sp³-hybridized carbons (Fsp3) is 0.444. The number of methoxy groups -OCH3 is 1. The second-order valence-corrected chi connectivity index (χ2v) is 2.59. The van der Waals surface area contributed by atoms with Crippen LogP contribution in [0.25, 0.3) is 0 Å². The molecule has 2 N–H and O–H groups in total. The van der Waals surface area contributed by atoms with Crippen molar-refractivity contribution in [2.24, 2.45) is 5.73 Å². The molecule has 66 valence electrons. The van der Waals surface area contributed by atoms with E-state index in [4.69, 9.17) is 10.5 Å². The van der Waals surface area contributed by atoms with Crippen molar-refractivity contribution in [3.05, 3.63) is 29.6 Å². The first-order chi connectivity index (χ1) is 5.86. The Morgan fingerprint density at radius 1 is 1.42 bits per heavy atom. The number of pyridine rings is 1. The monoisotopic (exact) mass is 166 g/mol. The average molecular weight is 166 g/mol. The Hall–Kier alpha value is -0.930. The van der Waals surface area contributed by atoms with Gasteiger partial charge in [-0.15, -0.1) is 0 Å². The van der Waals surface area contributed by atoms with Gasteiger partial charge in [-0.25, -0.2) is 0 Å². The minimum Gasteiger partial charge on any atom is -0.378 e. The summed E-state index contributed by atoms with van der Waals surface area (Å²) in [6.07, 6.45) is 0.831. The van der Waals surface area contributed by atoms with Crippen molar-refractivity contribution in [2.75, 3.05) is 13.7 Å². The molecule has 0 atom stereocenters. The molecule has 1 rings (SSSR count). The van der Waals surface area contributed by atoms with Crippen LogP contribution in [-0.4, -0.2) is 18.6 Å². The first-order valence-corrected chi connectivity index (χ1v) is 4.00. The van der Waals surface area contributed by atoms with Crippen LogP contribution in [0.4, 0.5) is 0 Å². The van der Waals surface area contributed by atoms with Gasteiger partial charge in [0.2, 0.25) is 0 Å². The van der Waals surface area contributed by atoms with Gasteiger partial charge >= 0.3 is 0 Å². The molecule has 1 aromatic rings. The van der Waals surface area contributed by atoms with E-state index in [1.165, 1.54) is 0 Å². The quantitative estimate of drug-likeness (QED) is 0.717.